The SMILES string of the molecule is CC(NCCn1nnc2c(cnn2C)c1=O)c1ccco1. The summed E-state index contributed by atoms with van der Waals surface area (Å²) in [6, 6.07) is 3.83. The van der Waals surface area contributed by atoms with E-state index in [9.17, 15) is 4.79 Å². The highest BCUT2D eigenvalue weighted by Crippen LogP contribution is 2.11. The maximum Gasteiger partial charge on any atom is 0.280 e. The minimum absolute atomic E-state index is 0.0748. The maximum atomic E-state index is 12.2. The Bertz CT molecular complexity index is 789. The van der Waals surface area contributed by atoms with E-state index in [4.69, 9.17) is 4.42 Å². The third-order valence-electron chi connectivity index (χ3n) is 3.36. The second-order valence-electron chi connectivity index (χ2n) is 4.81. The summed E-state index contributed by atoms with van der Waals surface area (Å²) in [4.78, 5) is 12.2. The van der Waals surface area contributed by atoms with E-state index in [1.807, 2.05) is 19.1 Å². The molecule has 0 amide bonds. The molecule has 21 heavy (non-hydrogen) atoms. The van der Waals surface area contributed by atoms with Gasteiger partial charge in [-0.15, -0.1) is 5.10 Å². The lowest BCUT2D eigenvalue weighted by Gasteiger charge is -2.11. The van der Waals surface area contributed by atoms with E-state index in [-0.39, 0.29) is 11.6 Å². The van der Waals surface area contributed by atoms with Crippen LogP contribution in [0.4, 0.5) is 0 Å². The van der Waals surface area contributed by atoms with Crippen molar-refractivity contribution in [3.63, 3.8) is 0 Å². The van der Waals surface area contributed by atoms with E-state index >= 15 is 0 Å². The van der Waals surface area contributed by atoms with Gasteiger partial charge in [-0.1, -0.05) is 5.21 Å². The molecule has 0 bridgehead atoms. The third kappa shape index (κ3) is 2.57. The number of hydrogen-bond donors (Lipinski definition) is 1. The van der Waals surface area contributed by atoms with Crippen molar-refractivity contribution in [1.82, 2.24) is 30.1 Å². The number of hydrogen-bond acceptors (Lipinski definition) is 6. The highest BCUT2D eigenvalue weighted by Gasteiger charge is 2.10. The minimum atomic E-state index is -0.180. The van der Waals surface area contributed by atoms with Gasteiger partial charge >= 0.3 is 0 Å². The molecule has 110 valence electrons. The van der Waals surface area contributed by atoms with Crippen LogP contribution in [0.2, 0.25) is 0 Å². The number of fused-ring (bicyclic) bond motifs is 1. The van der Waals surface area contributed by atoms with Gasteiger partial charge < -0.3 is 9.73 Å². The molecule has 3 aromatic rings. The van der Waals surface area contributed by atoms with Gasteiger partial charge in [0.05, 0.1) is 25.0 Å². The lowest BCUT2D eigenvalue weighted by Crippen LogP contribution is -2.30. The molecule has 0 aliphatic rings. The Morgan fingerprint density at radius 3 is 3.10 bits per heavy atom. The highest BCUT2D eigenvalue weighted by atomic mass is 16.3. The van der Waals surface area contributed by atoms with Crippen LogP contribution in [0.5, 0.6) is 0 Å². The Hall–Kier alpha value is -2.48. The van der Waals surface area contributed by atoms with Crippen LogP contribution in [0, 0.1) is 0 Å². The maximum absolute atomic E-state index is 12.2. The molecule has 1 atom stereocenters. The van der Waals surface area contributed by atoms with Crippen molar-refractivity contribution in [2.75, 3.05) is 6.54 Å². The molecule has 0 fully saturated rings. The predicted molar refractivity (Wildman–Crippen MR) is 75.7 cm³/mol. The predicted octanol–water partition coefficient (Wildman–Crippen LogP) is 0.469. The molecule has 3 heterocycles. The van der Waals surface area contributed by atoms with Crippen molar-refractivity contribution in [1.29, 1.82) is 0 Å². The molecule has 0 radical (unpaired) electrons. The number of furan rings is 1. The number of aromatic nitrogens is 5. The van der Waals surface area contributed by atoms with Crippen molar-refractivity contribution >= 4 is 11.0 Å². The first-order chi connectivity index (χ1) is 10.2. The van der Waals surface area contributed by atoms with E-state index in [0.717, 1.165) is 5.76 Å². The van der Waals surface area contributed by atoms with E-state index < -0.39 is 0 Å². The summed E-state index contributed by atoms with van der Waals surface area (Å²) in [5, 5.41) is 15.7. The molecular formula is C13H16N6O2. The molecule has 3 aromatic heterocycles. The molecule has 0 saturated heterocycles. The number of aryl methyl sites for hydroxylation is 1. The molecule has 1 unspecified atom stereocenters. The molecule has 8 nitrogen and oxygen atoms in total. The quantitative estimate of drug-likeness (QED) is 0.734. The van der Waals surface area contributed by atoms with Crippen LogP contribution in [0.25, 0.3) is 11.0 Å². The topological polar surface area (TPSA) is 90.8 Å². The molecule has 0 saturated carbocycles. The van der Waals surface area contributed by atoms with Crippen molar-refractivity contribution in [3.8, 4) is 0 Å². The second kappa shape index (κ2) is 5.49. The highest BCUT2D eigenvalue weighted by molar-refractivity contribution is 5.72. The van der Waals surface area contributed by atoms with Gasteiger partial charge in [0.1, 0.15) is 11.1 Å². The first-order valence-electron chi connectivity index (χ1n) is 6.69. The normalized spacial score (nSPS) is 12.9. The number of nitrogens with zero attached hydrogens (tertiary/aromatic N) is 5. The third-order valence-corrected chi connectivity index (χ3v) is 3.36. The Morgan fingerprint density at radius 2 is 2.33 bits per heavy atom. The van der Waals surface area contributed by atoms with Crippen molar-refractivity contribution in [2.45, 2.75) is 19.5 Å². The first-order valence-corrected chi connectivity index (χ1v) is 6.69. The Balaban J connectivity index is 1.68. The zero-order valence-electron chi connectivity index (χ0n) is 11.9. The summed E-state index contributed by atoms with van der Waals surface area (Å²) >= 11 is 0. The van der Waals surface area contributed by atoms with Crippen molar-refractivity contribution in [3.05, 3.63) is 40.7 Å². The summed E-state index contributed by atoms with van der Waals surface area (Å²) in [6.45, 7) is 3.02. The van der Waals surface area contributed by atoms with Crippen LogP contribution in [0.1, 0.15) is 18.7 Å². The zero-order chi connectivity index (χ0) is 14.8. The van der Waals surface area contributed by atoms with Crippen LogP contribution < -0.4 is 10.9 Å². The molecule has 0 spiro atoms. The summed E-state index contributed by atoms with van der Waals surface area (Å²) in [5.41, 5.74) is 0.314. The number of nitrogens with one attached hydrogen (secondary N) is 1. The van der Waals surface area contributed by atoms with Gasteiger partial charge in [-0.25, -0.2) is 9.36 Å². The van der Waals surface area contributed by atoms with Gasteiger partial charge in [-0.3, -0.25) is 4.79 Å². The summed E-state index contributed by atoms with van der Waals surface area (Å²) in [5.74, 6) is 0.858. The molecule has 0 aliphatic heterocycles. The zero-order valence-corrected chi connectivity index (χ0v) is 11.9. The fourth-order valence-corrected chi connectivity index (χ4v) is 2.15. The van der Waals surface area contributed by atoms with Crippen molar-refractivity contribution in [2.24, 2.45) is 7.05 Å². The van der Waals surface area contributed by atoms with Gasteiger partial charge in [-0.2, -0.15) is 5.10 Å². The Kier molecular flexibility index (Phi) is 3.53. The smallest absolute Gasteiger partial charge is 0.280 e. The average molecular weight is 288 g/mol. The monoisotopic (exact) mass is 288 g/mol. The molecule has 8 heteroatoms. The summed E-state index contributed by atoms with van der Waals surface area (Å²) in [7, 11) is 1.73. The van der Waals surface area contributed by atoms with Crippen molar-refractivity contribution < 1.29 is 4.42 Å². The molecular weight excluding hydrogens is 272 g/mol. The molecule has 0 aliphatic carbocycles. The van der Waals surface area contributed by atoms with Gasteiger partial charge in [0.2, 0.25) is 0 Å². The van der Waals surface area contributed by atoms with E-state index in [2.05, 4.69) is 20.7 Å². The van der Waals surface area contributed by atoms with E-state index in [1.165, 1.54) is 15.6 Å². The fraction of sp³-hybridized carbons (Fsp3) is 0.385. The van der Waals surface area contributed by atoms with Crippen LogP contribution in [-0.4, -0.2) is 31.3 Å². The van der Waals surface area contributed by atoms with Gasteiger partial charge in [0.15, 0.2) is 5.65 Å². The Morgan fingerprint density at radius 1 is 1.48 bits per heavy atom. The Labute approximate surface area is 120 Å². The largest absolute Gasteiger partial charge is 0.468 e. The van der Waals surface area contributed by atoms with Crippen LogP contribution in [0.15, 0.2) is 33.8 Å². The summed E-state index contributed by atoms with van der Waals surface area (Å²) in [6.07, 6.45) is 3.15. The number of rotatable bonds is 5. The van der Waals surface area contributed by atoms with Gasteiger partial charge in [-0.05, 0) is 19.1 Å². The van der Waals surface area contributed by atoms with Gasteiger partial charge in [0.25, 0.3) is 5.56 Å². The lowest BCUT2D eigenvalue weighted by atomic mass is 10.2. The second-order valence-corrected chi connectivity index (χ2v) is 4.81. The van der Waals surface area contributed by atoms with Crippen LogP contribution in [-0.2, 0) is 13.6 Å². The fourth-order valence-electron chi connectivity index (χ4n) is 2.15. The molecule has 1 N–H and O–H groups in total. The molecule has 0 aromatic carbocycles. The van der Waals surface area contributed by atoms with Crippen LogP contribution >= 0.6 is 0 Å². The lowest BCUT2D eigenvalue weighted by molar-refractivity contribution is 0.413. The summed E-state index contributed by atoms with van der Waals surface area (Å²) < 4.78 is 8.18. The van der Waals surface area contributed by atoms with Gasteiger partial charge in [0, 0.05) is 13.6 Å². The van der Waals surface area contributed by atoms with Crippen LogP contribution in [0.3, 0.4) is 0 Å². The minimum Gasteiger partial charge on any atom is -0.468 e. The average Bonchev–Trinajstić information content (AvgIpc) is 3.12. The standard InChI is InChI=1S/C13H16N6O2/c1-9(11-4-3-7-21-11)14-5-6-19-13(20)10-8-15-18(2)12(10)16-17-19/h3-4,7-9,14H,5-6H2,1-2H3. The van der Waals surface area contributed by atoms with E-state index in [0.29, 0.717) is 24.1 Å². The van der Waals surface area contributed by atoms with E-state index in [1.54, 1.807) is 13.3 Å². The first kappa shape index (κ1) is 13.5. The molecule has 3 rings (SSSR count).